The van der Waals surface area contributed by atoms with Crippen molar-refractivity contribution in [3.63, 3.8) is 0 Å². The summed E-state index contributed by atoms with van der Waals surface area (Å²) < 4.78 is 10.3. The fraction of sp³-hybridized carbons (Fsp3) is 0.533. The van der Waals surface area contributed by atoms with Crippen LogP contribution in [0.2, 0.25) is 0 Å². The van der Waals surface area contributed by atoms with Gasteiger partial charge in [-0.2, -0.15) is 0 Å². The summed E-state index contributed by atoms with van der Waals surface area (Å²) in [7, 11) is 1.66. The number of rotatable bonds is 11. The van der Waals surface area contributed by atoms with Gasteiger partial charge in [0.05, 0.1) is 13.2 Å². The van der Waals surface area contributed by atoms with Crippen LogP contribution in [0.3, 0.4) is 0 Å². The first-order valence-corrected chi connectivity index (χ1v) is 6.91. The molecule has 0 saturated carbocycles. The van der Waals surface area contributed by atoms with Crippen molar-refractivity contribution < 1.29 is 14.3 Å². The Morgan fingerprint density at radius 3 is 2.75 bits per heavy atom. The zero-order valence-electron chi connectivity index (χ0n) is 12.1. The number of carbonyl (C=O) groups excluding carboxylic acids is 1. The maximum atomic E-state index is 11.2. The highest BCUT2D eigenvalue weighted by molar-refractivity contribution is 5.94. The Bertz CT molecular complexity index is 396. The average molecular weight is 280 g/mol. The lowest BCUT2D eigenvalue weighted by Gasteiger charge is -2.08. The molecule has 5 nitrogen and oxygen atoms in total. The molecule has 0 unspecified atom stereocenters. The fourth-order valence-corrected chi connectivity index (χ4v) is 1.84. The molecule has 1 aromatic carbocycles. The third-order valence-corrected chi connectivity index (χ3v) is 2.92. The normalized spacial score (nSPS) is 10.7. The number of carbonyl (C=O) groups is 1. The number of primary amides is 1. The van der Waals surface area contributed by atoms with Gasteiger partial charge in [0.1, 0.15) is 0 Å². The Kier molecular flexibility index (Phi) is 8.62. The van der Waals surface area contributed by atoms with E-state index in [1.165, 1.54) is 0 Å². The quantitative estimate of drug-likeness (QED) is 0.600. The first-order chi connectivity index (χ1) is 9.75. The van der Waals surface area contributed by atoms with Crippen molar-refractivity contribution in [3.8, 4) is 0 Å². The van der Waals surface area contributed by atoms with E-state index in [1.54, 1.807) is 13.2 Å². The molecule has 0 saturated heterocycles. The summed E-state index contributed by atoms with van der Waals surface area (Å²) >= 11 is 0. The number of hydrogen-bond acceptors (Lipinski definition) is 4. The molecule has 1 rings (SSSR count). The van der Waals surface area contributed by atoms with Crippen molar-refractivity contribution in [2.24, 2.45) is 5.73 Å². The van der Waals surface area contributed by atoms with Crippen LogP contribution in [0, 0.1) is 0 Å². The minimum absolute atomic E-state index is 0.381. The molecule has 0 fully saturated rings. The molecule has 0 atom stereocenters. The van der Waals surface area contributed by atoms with Crippen molar-refractivity contribution >= 4 is 5.91 Å². The van der Waals surface area contributed by atoms with Gasteiger partial charge in [0.15, 0.2) is 0 Å². The van der Waals surface area contributed by atoms with Crippen LogP contribution in [-0.2, 0) is 16.0 Å². The summed E-state index contributed by atoms with van der Waals surface area (Å²) in [5.74, 6) is -0.381. The fourth-order valence-electron chi connectivity index (χ4n) is 1.84. The molecule has 1 amide bonds. The van der Waals surface area contributed by atoms with Crippen LogP contribution in [0.1, 0.15) is 28.8 Å². The topological polar surface area (TPSA) is 73.6 Å². The lowest BCUT2D eigenvalue weighted by Crippen LogP contribution is -2.20. The van der Waals surface area contributed by atoms with E-state index in [4.69, 9.17) is 15.2 Å². The standard InChI is InChI=1S/C15H24N2O3/c1-19-10-11-20-9-5-4-8-17-12-13-6-2-3-7-14(13)15(16)18/h2-3,6-7,17H,4-5,8-12H2,1H3,(H2,16,18). The lowest BCUT2D eigenvalue weighted by atomic mass is 10.1. The van der Waals surface area contributed by atoms with E-state index in [0.717, 1.165) is 31.6 Å². The van der Waals surface area contributed by atoms with E-state index >= 15 is 0 Å². The van der Waals surface area contributed by atoms with Crippen molar-refractivity contribution in [1.29, 1.82) is 0 Å². The van der Waals surface area contributed by atoms with Gasteiger partial charge in [-0.05, 0) is 31.0 Å². The third kappa shape index (κ3) is 6.65. The van der Waals surface area contributed by atoms with Crippen molar-refractivity contribution in [2.45, 2.75) is 19.4 Å². The Labute approximate surface area is 120 Å². The maximum absolute atomic E-state index is 11.2. The number of amides is 1. The summed E-state index contributed by atoms with van der Waals surface area (Å²) in [6.07, 6.45) is 2.04. The number of nitrogens with one attached hydrogen (secondary N) is 1. The molecule has 5 heteroatoms. The zero-order valence-corrected chi connectivity index (χ0v) is 12.1. The average Bonchev–Trinajstić information content (AvgIpc) is 2.46. The van der Waals surface area contributed by atoms with E-state index in [0.29, 0.717) is 25.3 Å². The number of hydrogen-bond donors (Lipinski definition) is 2. The largest absolute Gasteiger partial charge is 0.382 e. The maximum Gasteiger partial charge on any atom is 0.249 e. The first-order valence-electron chi connectivity index (χ1n) is 6.91. The first kappa shape index (κ1) is 16.6. The van der Waals surface area contributed by atoms with Crippen LogP contribution in [0.25, 0.3) is 0 Å². The Balaban J connectivity index is 2.11. The van der Waals surface area contributed by atoms with Crippen LogP contribution in [0.15, 0.2) is 24.3 Å². The molecule has 0 radical (unpaired) electrons. The lowest BCUT2D eigenvalue weighted by molar-refractivity contribution is 0.0688. The Hall–Kier alpha value is -1.43. The molecular weight excluding hydrogens is 256 g/mol. The highest BCUT2D eigenvalue weighted by Gasteiger charge is 2.05. The monoisotopic (exact) mass is 280 g/mol. The molecule has 3 N–H and O–H groups in total. The Morgan fingerprint density at radius 2 is 2.00 bits per heavy atom. The van der Waals surface area contributed by atoms with Crippen molar-refractivity contribution in [2.75, 3.05) is 33.5 Å². The molecule has 0 heterocycles. The molecule has 0 spiro atoms. The molecule has 0 bridgehead atoms. The van der Waals surface area contributed by atoms with Gasteiger partial charge >= 0.3 is 0 Å². The molecule has 0 aromatic heterocycles. The highest BCUT2D eigenvalue weighted by atomic mass is 16.5. The SMILES string of the molecule is COCCOCCCCNCc1ccccc1C(N)=O. The van der Waals surface area contributed by atoms with Gasteiger partial charge < -0.3 is 20.5 Å². The van der Waals surface area contributed by atoms with E-state index in [1.807, 2.05) is 18.2 Å². The molecule has 0 aliphatic rings. The van der Waals surface area contributed by atoms with Gasteiger partial charge in [-0.15, -0.1) is 0 Å². The minimum Gasteiger partial charge on any atom is -0.382 e. The summed E-state index contributed by atoms with van der Waals surface area (Å²) in [4.78, 5) is 11.2. The van der Waals surface area contributed by atoms with Gasteiger partial charge in [0, 0.05) is 25.8 Å². The molecular formula is C15H24N2O3. The number of unbranched alkanes of at least 4 members (excludes halogenated alkanes) is 1. The van der Waals surface area contributed by atoms with Crippen LogP contribution in [0.4, 0.5) is 0 Å². The summed E-state index contributed by atoms with van der Waals surface area (Å²) in [5, 5.41) is 3.31. The number of ether oxygens (including phenoxy) is 2. The summed E-state index contributed by atoms with van der Waals surface area (Å²) in [5.41, 5.74) is 6.86. The van der Waals surface area contributed by atoms with E-state index in [-0.39, 0.29) is 5.91 Å². The zero-order chi connectivity index (χ0) is 14.6. The number of benzene rings is 1. The van der Waals surface area contributed by atoms with Gasteiger partial charge in [-0.1, -0.05) is 18.2 Å². The number of nitrogens with two attached hydrogens (primary N) is 1. The van der Waals surface area contributed by atoms with Crippen molar-refractivity contribution in [3.05, 3.63) is 35.4 Å². The summed E-state index contributed by atoms with van der Waals surface area (Å²) in [6, 6.07) is 7.40. The molecule has 1 aromatic rings. The Morgan fingerprint density at radius 1 is 1.20 bits per heavy atom. The van der Waals surface area contributed by atoms with Crippen LogP contribution >= 0.6 is 0 Å². The molecule has 0 aliphatic heterocycles. The van der Waals surface area contributed by atoms with Gasteiger partial charge in [0.25, 0.3) is 0 Å². The van der Waals surface area contributed by atoms with Crippen LogP contribution in [0.5, 0.6) is 0 Å². The second-order valence-electron chi connectivity index (χ2n) is 4.51. The third-order valence-electron chi connectivity index (χ3n) is 2.92. The van der Waals surface area contributed by atoms with Gasteiger partial charge in [0.2, 0.25) is 5.91 Å². The predicted molar refractivity (Wildman–Crippen MR) is 78.6 cm³/mol. The molecule has 0 aliphatic carbocycles. The predicted octanol–water partition coefficient (Wildman–Crippen LogP) is 1.32. The van der Waals surface area contributed by atoms with Gasteiger partial charge in [-0.3, -0.25) is 4.79 Å². The van der Waals surface area contributed by atoms with Gasteiger partial charge in [-0.25, -0.2) is 0 Å². The van der Waals surface area contributed by atoms with E-state index < -0.39 is 0 Å². The highest BCUT2D eigenvalue weighted by Crippen LogP contribution is 2.07. The second kappa shape index (κ2) is 10.4. The molecule has 112 valence electrons. The summed E-state index contributed by atoms with van der Waals surface area (Å²) in [6.45, 7) is 3.59. The van der Waals surface area contributed by atoms with E-state index in [9.17, 15) is 4.79 Å². The van der Waals surface area contributed by atoms with Crippen LogP contribution in [-0.4, -0.2) is 39.4 Å². The smallest absolute Gasteiger partial charge is 0.249 e. The van der Waals surface area contributed by atoms with Crippen molar-refractivity contribution in [1.82, 2.24) is 5.32 Å². The molecule has 20 heavy (non-hydrogen) atoms. The van der Waals surface area contributed by atoms with E-state index in [2.05, 4.69) is 5.32 Å². The van der Waals surface area contributed by atoms with Crippen LogP contribution < -0.4 is 11.1 Å². The number of methoxy groups -OCH3 is 1. The minimum atomic E-state index is -0.381. The second-order valence-corrected chi connectivity index (χ2v) is 4.51.